The predicted molar refractivity (Wildman–Crippen MR) is 97.7 cm³/mol. The maximum atomic E-state index is 12.6. The van der Waals surface area contributed by atoms with Crippen LogP contribution < -0.4 is 5.32 Å². The predicted octanol–water partition coefficient (Wildman–Crippen LogP) is 3.41. The van der Waals surface area contributed by atoms with Crippen molar-refractivity contribution in [2.75, 3.05) is 13.2 Å². The monoisotopic (exact) mass is 379 g/mol. The van der Waals surface area contributed by atoms with Gasteiger partial charge < -0.3 is 19.9 Å². The molecule has 1 aromatic rings. The molecule has 26 heavy (non-hydrogen) atoms. The first kappa shape index (κ1) is 19.8. The van der Waals surface area contributed by atoms with Crippen molar-refractivity contribution in [3.05, 3.63) is 51.3 Å². The van der Waals surface area contributed by atoms with Crippen LogP contribution in [0, 0.1) is 0 Å². The molecular formula is C19H22ClNO5. The van der Waals surface area contributed by atoms with Gasteiger partial charge in [0.25, 0.3) is 0 Å². The lowest BCUT2D eigenvalue weighted by Crippen LogP contribution is -2.32. The quantitative estimate of drug-likeness (QED) is 0.762. The number of carbonyl (C=O) groups is 2. The van der Waals surface area contributed by atoms with Crippen LogP contribution in [0.2, 0.25) is 5.02 Å². The number of dihydropyridines is 1. The summed E-state index contributed by atoms with van der Waals surface area (Å²) in [7, 11) is 0. The van der Waals surface area contributed by atoms with Gasteiger partial charge in [0.1, 0.15) is 5.75 Å². The van der Waals surface area contributed by atoms with Crippen molar-refractivity contribution >= 4 is 23.5 Å². The fraction of sp³-hybridized carbons (Fsp3) is 0.368. The molecule has 0 saturated heterocycles. The van der Waals surface area contributed by atoms with Gasteiger partial charge in [-0.2, -0.15) is 0 Å². The van der Waals surface area contributed by atoms with Crippen LogP contribution in [0.3, 0.4) is 0 Å². The van der Waals surface area contributed by atoms with Gasteiger partial charge in [-0.1, -0.05) is 23.7 Å². The Kier molecular flexibility index (Phi) is 6.32. The number of phenolic OH excluding ortho intramolecular Hbond substituents is 1. The number of ether oxygens (including phenoxy) is 2. The lowest BCUT2D eigenvalue weighted by molar-refractivity contribution is -0.139. The second-order valence-electron chi connectivity index (χ2n) is 5.76. The molecule has 0 spiro atoms. The average Bonchev–Trinajstić information content (AvgIpc) is 2.57. The molecule has 7 heteroatoms. The summed E-state index contributed by atoms with van der Waals surface area (Å²) in [5.74, 6) is -2.06. The molecule has 2 N–H and O–H groups in total. The molecule has 0 radical (unpaired) electrons. The Morgan fingerprint density at radius 3 is 2.04 bits per heavy atom. The fourth-order valence-corrected chi connectivity index (χ4v) is 3.26. The van der Waals surface area contributed by atoms with Crippen LogP contribution in [0.5, 0.6) is 5.75 Å². The zero-order valence-corrected chi connectivity index (χ0v) is 15.9. The molecule has 0 aromatic heterocycles. The van der Waals surface area contributed by atoms with Crippen molar-refractivity contribution in [1.82, 2.24) is 5.32 Å². The number of hydrogen-bond acceptors (Lipinski definition) is 6. The van der Waals surface area contributed by atoms with Gasteiger partial charge in [0.2, 0.25) is 0 Å². The van der Waals surface area contributed by atoms with E-state index in [1.807, 2.05) is 0 Å². The van der Waals surface area contributed by atoms with Gasteiger partial charge in [0.05, 0.1) is 35.3 Å². The minimum absolute atomic E-state index is 0.0728. The molecule has 2 rings (SSSR count). The lowest BCUT2D eigenvalue weighted by Gasteiger charge is -2.31. The minimum Gasteiger partial charge on any atom is -0.506 e. The summed E-state index contributed by atoms with van der Waals surface area (Å²) in [5.41, 5.74) is 2.05. The van der Waals surface area contributed by atoms with E-state index in [-0.39, 0.29) is 35.1 Å². The van der Waals surface area contributed by atoms with E-state index in [9.17, 15) is 14.7 Å². The maximum absolute atomic E-state index is 12.6. The van der Waals surface area contributed by atoms with Gasteiger partial charge in [-0.3, -0.25) is 0 Å². The fourth-order valence-electron chi connectivity index (χ4n) is 3.02. The SMILES string of the molecule is CCOC(=O)C1=C(C)NC(C)=C(C(=O)OCC)C1c1cccc(O)c1Cl. The van der Waals surface area contributed by atoms with Crippen LogP contribution in [0.1, 0.15) is 39.2 Å². The Balaban J connectivity index is 2.71. The smallest absolute Gasteiger partial charge is 0.336 e. The number of aromatic hydroxyl groups is 1. The van der Waals surface area contributed by atoms with E-state index >= 15 is 0 Å². The first-order chi connectivity index (χ1) is 12.3. The second kappa shape index (κ2) is 8.27. The third-order valence-electron chi connectivity index (χ3n) is 4.07. The van der Waals surface area contributed by atoms with Gasteiger partial charge in [-0.25, -0.2) is 9.59 Å². The molecular weight excluding hydrogens is 358 g/mol. The van der Waals surface area contributed by atoms with E-state index in [2.05, 4.69) is 5.32 Å². The van der Waals surface area contributed by atoms with Gasteiger partial charge in [-0.15, -0.1) is 0 Å². The number of nitrogens with one attached hydrogen (secondary N) is 1. The summed E-state index contributed by atoms with van der Waals surface area (Å²) in [5, 5.41) is 13.1. The van der Waals surface area contributed by atoms with E-state index in [4.69, 9.17) is 21.1 Å². The number of hydrogen-bond donors (Lipinski definition) is 2. The molecule has 1 aliphatic heterocycles. The minimum atomic E-state index is -0.811. The van der Waals surface area contributed by atoms with Crippen LogP contribution in [0.4, 0.5) is 0 Å². The Morgan fingerprint density at radius 1 is 1.08 bits per heavy atom. The first-order valence-electron chi connectivity index (χ1n) is 8.33. The van der Waals surface area contributed by atoms with Crippen LogP contribution in [-0.4, -0.2) is 30.3 Å². The van der Waals surface area contributed by atoms with Gasteiger partial charge in [0.15, 0.2) is 0 Å². The van der Waals surface area contributed by atoms with Crippen molar-refractivity contribution in [2.45, 2.75) is 33.6 Å². The molecule has 140 valence electrons. The van der Waals surface area contributed by atoms with Crippen LogP contribution in [0.25, 0.3) is 0 Å². The molecule has 0 amide bonds. The largest absolute Gasteiger partial charge is 0.506 e. The Hall–Kier alpha value is -2.47. The highest BCUT2D eigenvalue weighted by Gasteiger charge is 2.39. The number of esters is 2. The molecule has 0 fully saturated rings. The van der Waals surface area contributed by atoms with E-state index in [0.29, 0.717) is 17.0 Å². The highest BCUT2D eigenvalue weighted by Crippen LogP contribution is 2.43. The highest BCUT2D eigenvalue weighted by molar-refractivity contribution is 6.33. The van der Waals surface area contributed by atoms with Crippen molar-refractivity contribution < 1.29 is 24.2 Å². The Labute approximate surface area is 157 Å². The van der Waals surface area contributed by atoms with Gasteiger partial charge >= 0.3 is 11.9 Å². The highest BCUT2D eigenvalue weighted by atomic mass is 35.5. The third-order valence-corrected chi connectivity index (χ3v) is 4.48. The number of rotatable bonds is 5. The summed E-state index contributed by atoms with van der Waals surface area (Å²) in [6.07, 6.45) is 0. The first-order valence-corrected chi connectivity index (χ1v) is 8.71. The number of benzene rings is 1. The summed E-state index contributed by atoms with van der Waals surface area (Å²) in [4.78, 5) is 25.2. The standard InChI is InChI=1S/C19H22ClNO5/c1-5-25-18(23)14-10(3)21-11(4)15(19(24)26-6-2)16(14)12-8-7-9-13(22)17(12)20/h7-9,16,21-22H,5-6H2,1-4H3. The van der Waals surface area contributed by atoms with E-state index in [1.54, 1.807) is 39.8 Å². The molecule has 0 bridgehead atoms. The second-order valence-corrected chi connectivity index (χ2v) is 6.13. The number of phenols is 1. The zero-order valence-electron chi connectivity index (χ0n) is 15.2. The number of halogens is 1. The average molecular weight is 380 g/mol. The maximum Gasteiger partial charge on any atom is 0.336 e. The molecule has 0 saturated carbocycles. The van der Waals surface area contributed by atoms with Crippen LogP contribution in [-0.2, 0) is 19.1 Å². The van der Waals surface area contributed by atoms with E-state index in [1.165, 1.54) is 6.07 Å². The molecule has 6 nitrogen and oxygen atoms in total. The topological polar surface area (TPSA) is 84.9 Å². The molecule has 0 atom stereocenters. The zero-order chi connectivity index (χ0) is 19.4. The molecule has 1 heterocycles. The molecule has 0 aliphatic carbocycles. The van der Waals surface area contributed by atoms with Gasteiger partial charge in [0, 0.05) is 11.4 Å². The van der Waals surface area contributed by atoms with Crippen molar-refractivity contribution in [2.24, 2.45) is 0 Å². The van der Waals surface area contributed by atoms with Gasteiger partial charge in [-0.05, 0) is 39.3 Å². The summed E-state index contributed by atoms with van der Waals surface area (Å²) in [6, 6.07) is 4.71. The summed E-state index contributed by atoms with van der Waals surface area (Å²) >= 11 is 6.30. The number of allylic oxidation sites excluding steroid dienone is 2. The molecule has 0 unspecified atom stereocenters. The summed E-state index contributed by atoms with van der Waals surface area (Å²) in [6.45, 7) is 7.23. The third kappa shape index (κ3) is 3.70. The van der Waals surface area contributed by atoms with Crippen molar-refractivity contribution in [1.29, 1.82) is 0 Å². The molecule has 1 aromatic carbocycles. The van der Waals surface area contributed by atoms with Crippen molar-refractivity contribution in [3.63, 3.8) is 0 Å². The Morgan fingerprint density at radius 2 is 1.58 bits per heavy atom. The number of carbonyl (C=O) groups excluding carboxylic acids is 2. The van der Waals surface area contributed by atoms with Crippen LogP contribution >= 0.6 is 11.6 Å². The van der Waals surface area contributed by atoms with E-state index < -0.39 is 17.9 Å². The lowest BCUT2D eigenvalue weighted by atomic mass is 9.80. The summed E-state index contributed by atoms with van der Waals surface area (Å²) < 4.78 is 10.4. The normalized spacial score (nSPS) is 15.0. The Bertz CT molecular complexity index is 757. The van der Waals surface area contributed by atoms with Crippen molar-refractivity contribution in [3.8, 4) is 5.75 Å². The van der Waals surface area contributed by atoms with Crippen LogP contribution in [0.15, 0.2) is 40.7 Å². The molecule has 1 aliphatic rings. The van der Waals surface area contributed by atoms with E-state index in [0.717, 1.165) is 0 Å².